The SMILES string of the molecule is Cc1ncc(C#CCN(C)C)cc1C(C)O. The zero-order chi connectivity index (χ0) is 12.1. The van der Waals surface area contributed by atoms with Crippen LogP contribution in [0.4, 0.5) is 0 Å². The van der Waals surface area contributed by atoms with Crippen molar-refractivity contribution < 1.29 is 5.11 Å². The van der Waals surface area contributed by atoms with Gasteiger partial charge in [-0.15, -0.1) is 0 Å². The Bertz CT molecular complexity index is 414. The van der Waals surface area contributed by atoms with E-state index in [1.165, 1.54) is 0 Å². The molecule has 0 aliphatic heterocycles. The molecule has 3 heteroatoms. The van der Waals surface area contributed by atoms with Crippen molar-refractivity contribution in [3.8, 4) is 11.8 Å². The number of aryl methyl sites for hydroxylation is 1. The van der Waals surface area contributed by atoms with Crippen LogP contribution in [-0.4, -0.2) is 35.6 Å². The monoisotopic (exact) mass is 218 g/mol. The van der Waals surface area contributed by atoms with Crippen LogP contribution in [-0.2, 0) is 0 Å². The summed E-state index contributed by atoms with van der Waals surface area (Å²) in [5.74, 6) is 6.07. The van der Waals surface area contributed by atoms with E-state index in [-0.39, 0.29) is 0 Å². The predicted octanol–water partition coefficient (Wildman–Crippen LogP) is 1.36. The number of nitrogens with zero attached hydrogens (tertiary/aromatic N) is 2. The fourth-order valence-corrected chi connectivity index (χ4v) is 1.34. The van der Waals surface area contributed by atoms with Gasteiger partial charge in [0, 0.05) is 23.0 Å². The van der Waals surface area contributed by atoms with Gasteiger partial charge in [0.15, 0.2) is 0 Å². The summed E-state index contributed by atoms with van der Waals surface area (Å²) in [7, 11) is 3.95. The van der Waals surface area contributed by atoms with Crippen molar-refractivity contribution in [3.05, 3.63) is 29.1 Å². The molecule has 0 saturated heterocycles. The van der Waals surface area contributed by atoms with Gasteiger partial charge in [0.25, 0.3) is 0 Å². The normalized spacial score (nSPS) is 12.1. The van der Waals surface area contributed by atoms with Crippen molar-refractivity contribution in [3.63, 3.8) is 0 Å². The van der Waals surface area contributed by atoms with Gasteiger partial charge in [0.1, 0.15) is 0 Å². The van der Waals surface area contributed by atoms with Crippen LogP contribution in [0, 0.1) is 18.8 Å². The van der Waals surface area contributed by atoms with Crippen LogP contribution < -0.4 is 0 Å². The molecular formula is C13H18N2O. The number of pyridine rings is 1. The molecule has 1 heterocycles. The van der Waals surface area contributed by atoms with Gasteiger partial charge in [0.2, 0.25) is 0 Å². The molecule has 0 saturated carbocycles. The van der Waals surface area contributed by atoms with E-state index in [1.807, 2.05) is 32.0 Å². The molecule has 0 aliphatic carbocycles. The summed E-state index contributed by atoms with van der Waals surface area (Å²) >= 11 is 0. The van der Waals surface area contributed by atoms with Gasteiger partial charge in [-0.3, -0.25) is 9.88 Å². The Morgan fingerprint density at radius 3 is 2.75 bits per heavy atom. The molecule has 0 radical (unpaired) electrons. The lowest BCUT2D eigenvalue weighted by molar-refractivity contribution is 0.198. The average Bonchev–Trinajstić information content (AvgIpc) is 2.19. The summed E-state index contributed by atoms with van der Waals surface area (Å²) in [5.41, 5.74) is 2.55. The molecule has 1 aromatic rings. The molecule has 3 nitrogen and oxygen atoms in total. The van der Waals surface area contributed by atoms with Gasteiger partial charge in [-0.1, -0.05) is 11.8 Å². The highest BCUT2D eigenvalue weighted by atomic mass is 16.3. The lowest BCUT2D eigenvalue weighted by Crippen LogP contribution is -2.10. The van der Waals surface area contributed by atoms with Gasteiger partial charge >= 0.3 is 0 Å². The van der Waals surface area contributed by atoms with Gasteiger partial charge in [0.05, 0.1) is 12.6 Å². The molecule has 0 aliphatic rings. The Kier molecular flexibility index (Phi) is 4.48. The van der Waals surface area contributed by atoms with Crippen molar-refractivity contribution in [2.75, 3.05) is 20.6 Å². The van der Waals surface area contributed by atoms with E-state index < -0.39 is 6.10 Å². The number of aliphatic hydroxyl groups is 1. The van der Waals surface area contributed by atoms with E-state index in [4.69, 9.17) is 0 Å². The molecule has 1 unspecified atom stereocenters. The van der Waals surface area contributed by atoms with Crippen LogP contribution in [0.25, 0.3) is 0 Å². The molecule has 0 amide bonds. The highest BCUT2D eigenvalue weighted by Crippen LogP contribution is 2.15. The van der Waals surface area contributed by atoms with Crippen molar-refractivity contribution >= 4 is 0 Å². The van der Waals surface area contributed by atoms with Crippen LogP contribution >= 0.6 is 0 Å². The lowest BCUT2D eigenvalue weighted by atomic mass is 10.1. The van der Waals surface area contributed by atoms with Crippen molar-refractivity contribution in [2.45, 2.75) is 20.0 Å². The Morgan fingerprint density at radius 1 is 1.50 bits per heavy atom. The first kappa shape index (κ1) is 12.7. The minimum Gasteiger partial charge on any atom is -0.389 e. The summed E-state index contributed by atoms with van der Waals surface area (Å²) in [6.45, 7) is 4.35. The van der Waals surface area contributed by atoms with Crippen LogP contribution in [0.2, 0.25) is 0 Å². The van der Waals surface area contributed by atoms with E-state index in [2.05, 4.69) is 16.8 Å². The third-order valence-corrected chi connectivity index (χ3v) is 2.20. The molecule has 1 atom stereocenters. The van der Waals surface area contributed by atoms with Gasteiger partial charge < -0.3 is 5.11 Å². The fraction of sp³-hybridized carbons (Fsp3) is 0.462. The third kappa shape index (κ3) is 3.65. The topological polar surface area (TPSA) is 36.4 Å². The zero-order valence-corrected chi connectivity index (χ0v) is 10.3. The Balaban J connectivity index is 2.89. The number of hydrogen-bond acceptors (Lipinski definition) is 3. The molecule has 0 aromatic carbocycles. The number of aliphatic hydroxyl groups excluding tert-OH is 1. The second-order valence-electron chi connectivity index (χ2n) is 4.11. The highest BCUT2D eigenvalue weighted by molar-refractivity contribution is 5.37. The smallest absolute Gasteiger partial charge is 0.0779 e. The van der Waals surface area contributed by atoms with E-state index in [0.29, 0.717) is 0 Å². The Hall–Kier alpha value is -1.37. The number of aromatic nitrogens is 1. The average molecular weight is 218 g/mol. The summed E-state index contributed by atoms with van der Waals surface area (Å²) in [5, 5.41) is 9.55. The molecule has 86 valence electrons. The van der Waals surface area contributed by atoms with Crippen LogP contribution in [0.15, 0.2) is 12.3 Å². The first-order valence-electron chi connectivity index (χ1n) is 5.29. The van der Waals surface area contributed by atoms with E-state index in [1.54, 1.807) is 13.1 Å². The molecule has 1 rings (SSSR count). The van der Waals surface area contributed by atoms with Crippen LogP contribution in [0.3, 0.4) is 0 Å². The molecule has 0 fully saturated rings. The second-order valence-corrected chi connectivity index (χ2v) is 4.11. The zero-order valence-electron chi connectivity index (χ0n) is 10.3. The molecule has 0 spiro atoms. The quantitative estimate of drug-likeness (QED) is 0.761. The summed E-state index contributed by atoms with van der Waals surface area (Å²) in [6.07, 6.45) is 1.24. The highest BCUT2D eigenvalue weighted by Gasteiger charge is 2.05. The van der Waals surface area contributed by atoms with Crippen LogP contribution in [0.5, 0.6) is 0 Å². The predicted molar refractivity (Wildman–Crippen MR) is 65.0 cm³/mol. The summed E-state index contributed by atoms with van der Waals surface area (Å²) in [4.78, 5) is 6.23. The van der Waals surface area contributed by atoms with E-state index >= 15 is 0 Å². The van der Waals surface area contributed by atoms with Crippen molar-refractivity contribution in [1.29, 1.82) is 0 Å². The first-order chi connectivity index (χ1) is 7.50. The Labute approximate surface area is 97.1 Å². The standard InChI is InChI=1S/C13H18N2O/c1-10-13(11(2)16)8-12(9-14-10)6-5-7-15(3)4/h8-9,11,16H,7H2,1-4H3. The molecule has 16 heavy (non-hydrogen) atoms. The largest absolute Gasteiger partial charge is 0.389 e. The maximum absolute atomic E-state index is 9.55. The minimum absolute atomic E-state index is 0.497. The number of rotatable bonds is 2. The lowest BCUT2D eigenvalue weighted by Gasteiger charge is -2.07. The summed E-state index contributed by atoms with van der Waals surface area (Å²) < 4.78 is 0. The Morgan fingerprint density at radius 2 is 2.19 bits per heavy atom. The van der Waals surface area contributed by atoms with Gasteiger partial charge in [-0.25, -0.2) is 0 Å². The second kappa shape index (κ2) is 5.64. The van der Waals surface area contributed by atoms with Crippen LogP contribution in [0.1, 0.15) is 29.8 Å². The fourth-order valence-electron chi connectivity index (χ4n) is 1.34. The molecule has 0 bridgehead atoms. The molecule has 1 aromatic heterocycles. The van der Waals surface area contributed by atoms with E-state index in [0.717, 1.165) is 23.4 Å². The third-order valence-electron chi connectivity index (χ3n) is 2.20. The van der Waals surface area contributed by atoms with Gasteiger partial charge in [-0.2, -0.15) is 0 Å². The van der Waals surface area contributed by atoms with E-state index in [9.17, 15) is 5.11 Å². The summed E-state index contributed by atoms with van der Waals surface area (Å²) in [6, 6.07) is 1.90. The van der Waals surface area contributed by atoms with Crippen molar-refractivity contribution in [2.24, 2.45) is 0 Å². The molecule has 1 N–H and O–H groups in total. The maximum atomic E-state index is 9.55. The minimum atomic E-state index is -0.497. The first-order valence-corrected chi connectivity index (χ1v) is 5.29. The maximum Gasteiger partial charge on any atom is 0.0779 e. The number of hydrogen-bond donors (Lipinski definition) is 1. The van der Waals surface area contributed by atoms with Gasteiger partial charge in [-0.05, 0) is 34.0 Å². The van der Waals surface area contributed by atoms with Crippen molar-refractivity contribution in [1.82, 2.24) is 9.88 Å². The molecular weight excluding hydrogens is 200 g/mol.